The van der Waals surface area contributed by atoms with Crippen LogP contribution < -0.4 is 5.32 Å². The average Bonchev–Trinajstić information content (AvgIpc) is 3.11. The van der Waals surface area contributed by atoms with Crippen LogP contribution in [0.2, 0.25) is 0 Å². The second-order valence-corrected chi connectivity index (χ2v) is 6.86. The maximum absolute atomic E-state index is 12.8. The van der Waals surface area contributed by atoms with Crippen LogP contribution in [0.4, 0.5) is 5.95 Å². The van der Waals surface area contributed by atoms with Gasteiger partial charge in [0.15, 0.2) is 11.6 Å². The molecule has 1 atom stereocenters. The highest BCUT2D eigenvalue weighted by Crippen LogP contribution is 2.40. The van der Waals surface area contributed by atoms with E-state index in [2.05, 4.69) is 10.3 Å². The first kappa shape index (κ1) is 15.8. The van der Waals surface area contributed by atoms with E-state index < -0.39 is 0 Å². The molecule has 2 heterocycles. The molecule has 5 rings (SSSR count). The van der Waals surface area contributed by atoms with Crippen LogP contribution in [-0.2, 0) is 4.79 Å². The van der Waals surface area contributed by atoms with Gasteiger partial charge in [0.2, 0.25) is 5.95 Å². The van der Waals surface area contributed by atoms with Crippen molar-refractivity contribution in [1.82, 2.24) is 14.8 Å². The molecule has 0 fully saturated rings. The monoisotopic (exact) mass is 358 g/mol. The van der Waals surface area contributed by atoms with E-state index in [0.717, 1.165) is 35.2 Å². The van der Waals surface area contributed by atoms with Gasteiger partial charge in [0, 0.05) is 23.3 Å². The van der Waals surface area contributed by atoms with E-state index in [9.17, 15) is 9.90 Å². The molecule has 1 aliphatic heterocycles. The van der Waals surface area contributed by atoms with Crippen LogP contribution in [0.25, 0.3) is 11.4 Å². The average molecular weight is 358 g/mol. The van der Waals surface area contributed by atoms with Crippen molar-refractivity contribution >= 4 is 11.7 Å². The van der Waals surface area contributed by atoms with Gasteiger partial charge in [0.25, 0.3) is 0 Å². The van der Waals surface area contributed by atoms with Gasteiger partial charge in [0.1, 0.15) is 11.8 Å². The van der Waals surface area contributed by atoms with Gasteiger partial charge in [-0.1, -0.05) is 42.5 Å². The van der Waals surface area contributed by atoms with Crippen molar-refractivity contribution in [2.75, 3.05) is 5.32 Å². The molecular weight excluding hydrogens is 340 g/mol. The Kier molecular flexibility index (Phi) is 3.57. The molecule has 0 saturated carbocycles. The molecule has 6 nitrogen and oxygen atoms in total. The van der Waals surface area contributed by atoms with Crippen LogP contribution in [0.5, 0.6) is 5.75 Å². The van der Waals surface area contributed by atoms with Crippen molar-refractivity contribution < 1.29 is 9.90 Å². The van der Waals surface area contributed by atoms with Crippen LogP contribution in [0, 0.1) is 0 Å². The number of carbonyl (C=O) groups is 1. The summed E-state index contributed by atoms with van der Waals surface area (Å²) in [4.78, 5) is 17.4. The Morgan fingerprint density at radius 3 is 2.74 bits per heavy atom. The second-order valence-electron chi connectivity index (χ2n) is 6.86. The molecule has 27 heavy (non-hydrogen) atoms. The highest BCUT2D eigenvalue weighted by Gasteiger charge is 2.36. The summed E-state index contributed by atoms with van der Waals surface area (Å²) < 4.78 is 1.79. The highest BCUT2D eigenvalue weighted by molar-refractivity contribution is 5.99. The van der Waals surface area contributed by atoms with E-state index in [-0.39, 0.29) is 17.6 Å². The second kappa shape index (κ2) is 6.09. The number of phenols is 1. The first-order chi connectivity index (χ1) is 13.2. The Balaban J connectivity index is 1.68. The number of rotatable bonds is 2. The Morgan fingerprint density at radius 2 is 1.93 bits per heavy atom. The molecule has 0 bridgehead atoms. The number of phenolic OH excluding ortho intramolecular Hbond substituents is 1. The van der Waals surface area contributed by atoms with E-state index in [1.807, 2.05) is 36.4 Å². The number of hydrogen-bond acceptors (Lipinski definition) is 5. The zero-order valence-corrected chi connectivity index (χ0v) is 14.6. The number of anilines is 1. The number of carbonyl (C=O) groups excluding carboxylic acids is 1. The SMILES string of the molecule is O=C1CCCC2=C1C(c1ccccc1)n1nc(-c3cccc(O)c3)nc1N2. The molecule has 6 heteroatoms. The molecule has 2 aliphatic rings. The first-order valence-electron chi connectivity index (χ1n) is 9.05. The van der Waals surface area contributed by atoms with Crippen LogP contribution in [-0.4, -0.2) is 25.7 Å². The lowest BCUT2D eigenvalue weighted by Crippen LogP contribution is -2.31. The summed E-state index contributed by atoms with van der Waals surface area (Å²) in [5.41, 5.74) is 3.47. The summed E-state index contributed by atoms with van der Waals surface area (Å²) in [6.07, 6.45) is 2.24. The minimum absolute atomic E-state index is 0.164. The van der Waals surface area contributed by atoms with Gasteiger partial charge in [-0.25, -0.2) is 4.68 Å². The smallest absolute Gasteiger partial charge is 0.226 e. The van der Waals surface area contributed by atoms with Crippen LogP contribution >= 0.6 is 0 Å². The number of aromatic hydroxyl groups is 1. The number of aromatic nitrogens is 3. The quantitative estimate of drug-likeness (QED) is 0.731. The zero-order chi connectivity index (χ0) is 18.4. The highest BCUT2D eigenvalue weighted by atomic mass is 16.3. The topological polar surface area (TPSA) is 80.0 Å². The van der Waals surface area contributed by atoms with Crippen molar-refractivity contribution in [1.29, 1.82) is 0 Å². The van der Waals surface area contributed by atoms with Gasteiger partial charge in [-0.2, -0.15) is 4.98 Å². The van der Waals surface area contributed by atoms with Gasteiger partial charge in [-0.3, -0.25) is 4.79 Å². The fourth-order valence-corrected chi connectivity index (χ4v) is 3.87. The van der Waals surface area contributed by atoms with E-state index in [0.29, 0.717) is 18.2 Å². The predicted molar refractivity (Wildman–Crippen MR) is 101 cm³/mol. The largest absolute Gasteiger partial charge is 0.508 e. The van der Waals surface area contributed by atoms with Gasteiger partial charge in [-0.05, 0) is 30.5 Å². The molecule has 1 aliphatic carbocycles. The Labute approximate surface area is 156 Å². The van der Waals surface area contributed by atoms with Gasteiger partial charge in [-0.15, -0.1) is 5.10 Å². The molecule has 134 valence electrons. The maximum atomic E-state index is 12.8. The molecule has 1 aromatic heterocycles. The molecule has 0 spiro atoms. The summed E-state index contributed by atoms with van der Waals surface area (Å²) in [5, 5.41) is 17.8. The fourth-order valence-electron chi connectivity index (χ4n) is 3.87. The summed E-state index contributed by atoms with van der Waals surface area (Å²) in [6.45, 7) is 0. The summed E-state index contributed by atoms with van der Waals surface area (Å²) >= 11 is 0. The van der Waals surface area contributed by atoms with Gasteiger partial charge >= 0.3 is 0 Å². The van der Waals surface area contributed by atoms with Crippen LogP contribution in [0.3, 0.4) is 0 Å². The Bertz CT molecular complexity index is 1070. The molecule has 0 saturated heterocycles. The third kappa shape index (κ3) is 2.61. The minimum Gasteiger partial charge on any atom is -0.508 e. The lowest BCUT2D eigenvalue weighted by Gasteiger charge is -2.32. The minimum atomic E-state index is -0.288. The van der Waals surface area contributed by atoms with Crippen molar-refractivity contribution in [2.45, 2.75) is 25.3 Å². The van der Waals surface area contributed by atoms with Crippen LogP contribution in [0.15, 0.2) is 65.9 Å². The van der Waals surface area contributed by atoms with E-state index in [4.69, 9.17) is 5.10 Å². The zero-order valence-electron chi connectivity index (χ0n) is 14.6. The number of nitrogens with zero attached hydrogens (tertiary/aromatic N) is 3. The standard InChI is InChI=1S/C21H18N4O2/c26-15-9-4-8-14(12-15)20-23-21-22-16-10-5-11-17(27)18(16)19(25(21)24-20)13-6-2-1-3-7-13/h1-4,6-9,12,19,26H,5,10-11H2,(H,22,23,24). The number of ketones is 1. The number of benzene rings is 2. The summed E-state index contributed by atoms with van der Waals surface area (Å²) in [5.74, 6) is 1.47. The van der Waals surface area contributed by atoms with Crippen molar-refractivity contribution in [3.05, 3.63) is 71.4 Å². The van der Waals surface area contributed by atoms with E-state index in [1.165, 1.54) is 0 Å². The lowest BCUT2D eigenvalue weighted by molar-refractivity contribution is -0.116. The third-order valence-electron chi connectivity index (χ3n) is 5.09. The van der Waals surface area contributed by atoms with Gasteiger partial charge < -0.3 is 10.4 Å². The van der Waals surface area contributed by atoms with E-state index >= 15 is 0 Å². The molecule has 0 amide bonds. The Hall–Kier alpha value is -3.41. The number of allylic oxidation sites excluding steroid dienone is 2. The fraction of sp³-hybridized carbons (Fsp3) is 0.190. The van der Waals surface area contributed by atoms with Crippen molar-refractivity contribution in [3.8, 4) is 17.1 Å². The van der Waals surface area contributed by atoms with E-state index in [1.54, 1.807) is 22.9 Å². The van der Waals surface area contributed by atoms with Crippen molar-refractivity contribution in [2.24, 2.45) is 0 Å². The molecule has 1 unspecified atom stereocenters. The molecule has 0 radical (unpaired) electrons. The number of fused-ring (bicyclic) bond motifs is 1. The van der Waals surface area contributed by atoms with Crippen molar-refractivity contribution in [3.63, 3.8) is 0 Å². The molecule has 2 N–H and O–H groups in total. The Morgan fingerprint density at radius 1 is 1.07 bits per heavy atom. The molecular formula is C21H18N4O2. The summed E-state index contributed by atoms with van der Waals surface area (Å²) in [6, 6.07) is 16.5. The third-order valence-corrected chi connectivity index (χ3v) is 5.09. The number of nitrogens with one attached hydrogen (secondary N) is 1. The lowest BCUT2D eigenvalue weighted by atomic mass is 9.85. The first-order valence-corrected chi connectivity index (χ1v) is 9.05. The molecule has 2 aromatic carbocycles. The summed E-state index contributed by atoms with van der Waals surface area (Å²) in [7, 11) is 0. The number of Topliss-reactive ketones (excluding diaryl/α,β-unsaturated/α-hetero) is 1. The maximum Gasteiger partial charge on any atom is 0.226 e. The predicted octanol–water partition coefficient (Wildman–Crippen LogP) is 3.67. The van der Waals surface area contributed by atoms with Gasteiger partial charge in [0.05, 0.1) is 0 Å². The molecule has 3 aromatic rings. The van der Waals surface area contributed by atoms with Crippen LogP contribution in [0.1, 0.15) is 30.9 Å². The normalized spacial score (nSPS) is 18.7. The number of hydrogen-bond donors (Lipinski definition) is 2.